The third-order valence-electron chi connectivity index (χ3n) is 2.76. The van der Waals surface area contributed by atoms with Crippen LogP contribution in [0.15, 0.2) is 18.2 Å². The van der Waals surface area contributed by atoms with E-state index in [1.54, 1.807) is 11.9 Å². The fourth-order valence-electron chi connectivity index (χ4n) is 1.65. The van der Waals surface area contributed by atoms with Crippen LogP contribution in [-0.2, 0) is 0 Å². The third kappa shape index (κ3) is 2.47. The zero-order valence-corrected chi connectivity index (χ0v) is 9.87. The summed E-state index contributed by atoms with van der Waals surface area (Å²) in [6.45, 7) is 0.769. The molecule has 1 N–H and O–H groups in total. The molecule has 1 fully saturated rings. The number of aromatic hydroxyl groups is 1. The zero-order valence-electron chi connectivity index (χ0n) is 9.11. The van der Waals surface area contributed by atoms with Gasteiger partial charge in [0.15, 0.2) is 0 Å². The van der Waals surface area contributed by atoms with E-state index < -0.39 is 0 Å². The summed E-state index contributed by atoms with van der Waals surface area (Å²) in [5.41, 5.74) is 0.366. The molecule has 0 bridgehead atoms. The highest BCUT2D eigenvalue weighted by molar-refractivity contribution is 6.33. The van der Waals surface area contributed by atoms with Crippen molar-refractivity contribution in [1.29, 1.82) is 0 Å². The van der Waals surface area contributed by atoms with E-state index in [0.29, 0.717) is 16.5 Å². The fourth-order valence-corrected chi connectivity index (χ4v) is 1.85. The lowest BCUT2D eigenvalue weighted by molar-refractivity contribution is 0.0788. The van der Waals surface area contributed by atoms with Crippen molar-refractivity contribution in [1.82, 2.24) is 4.90 Å². The molecule has 0 atom stereocenters. The fraction of sp³-hybridized carbons (Fsp3) is 0.417. The first-order chi connectivity index (χ1) is 7.58. The second-order valence-corrected chi connectivity index (χ2v) is 4.70. The van der Waals surface area contributed by atoms with Gasteiger partial charge in [-0.2, -0.15) is 0 Å². The summed E-state index contributed by atoms with van der Waals surface area (Å²) in [7, 11) is 1.76. The molecule has 0 saturated heterocycles. The van der Waals surface area contributed by atoms with Gasteiger partial charge in [-0.3, -0.25) is 4.79 Å². The molecule has 1 saturated carbocycles. The van der Waals surface area contributed by atoms with E-state index in [0.717, 1.165) is 6.54 Å². The summed E-state index contributed by atoms with van der Waals surface area (Å²) < 4.78 is 0. The Morgan fingerprint density at radius 1 is 1.56 bits per heavy atom. The van der Waals surface area contributed by atoms with Crippen LogP contribution in [0.4, 0.5) is 0 Å². The predicted octanol–water partition coefficient (Wildman–Crippen LogP) is 2.53. The first-order valence-corrected chi connectivity index (χ1v) is 5.69. The molecule has 0 aromatic heterocycles. The summed E-state index contributed by atoms with van der Waals surface area (Å²) in [5.74, 6) is 0.574. The SMILES string of the molecule is CN(CC1CC1)C(=O)c1cc(O)ccc1Cl. The van der Waals surface area contributed by atoms with E-state index in [-0.39, 0.29) is 11.7 Å². The maximum atomic E-state index is 12.0. The number of phenols is 1. The molecule has 16 heavy (non-hydrogen) atoms. The lowest BCUT2D eigenvalue weighted by atomic mass is 10.2. The number of carbonyl (C=O) groups is 1. The van der Waals surface area contributed by atoms with E-state index in [2.05, 4.69) is 0 Å². The Hall–Kier alpha value is -1.22. The van der Waals surface area contributed by atoms with Gasteiger partial charge in [0.05, 0.1) is 10.6 Å². The molecule has 1 aromatic carbocycles. The molecule has 1 amide bonds. The van der Waals surface area contributed by atoms with Crippen LogP contribution in [-0.4, -0.2) is 29.5 Å². The zero-order chi connectivity index (χ0) is 11.7. The van der Waals surface area contributed by atoms with Crippen LogP contribution in [0.5, 0.6) is 5.75 Å². The molecular formula is C12H14ClNO2. The number of rotatable bonds is 3. The third-order valence-corrected chi connectivity index (χ3v) is 3.09. The van der Waals surface area contributed by atoms with Gasteiger partial charge in [-0.25, -0.2) is 0 Å². The van der Waals surface area contributed by atoms with E-state index in [4.69, 9.17) is 11.6 Å². The maximum absolute atomic E-state index is 12.0. The van der Waals surface area contributed by atoms with Crippen LogP contribution in [0.2, 0.25) is 5.02 Å². The quantitative estimate of drug-likeness (QED) is 0.881. The van der Waals surface area contributed by atoms with Crippen molar-refractivity contribution in [3.63, 3.8) is 0 Å². The first-order valence-electron chi connectivity index (χ1n) is 5.32. The summed E-state index contributed by atoms with van der Waals surface area (Å²) >= 11 is 5.93. The average molecular weight is 240 g/mol. The lowest BCUT2D eigenvalue weighted by Gasteiger charge is -2.17. The van der Waals surface area contributed by atoms with E-state index in [9.17, 15) is 9.90 Å². The van der Waals surface area contributed by atoms with Gasteiger partial charge < -0.3 is 10.0 Å². The summed E-state index contributed by atoms with van der Waals surface area (Å²) in [4.78, 5) is 13.7. The van der Waals surface area contributed by atoms with Crippen LogP contribution in [0.3, 0.4) is 0 Å². The Kier molecular flexibility index (Phi) is 3.06. The Balaban J connectivity index is 2.14. The molecule has 86 valence electrons. The van der Waals surface area contributed by atoms with Gasteiger partial charge in [0, 0.05) is 13.6 Å². The number of hydrogen-bond donors (Lipinski definition) is 1. The van der Waals surface area contributed by atoms with Gasteiger partial charge in [0.25, 0.3) is 5.91 Å². The van der Waals surface area contributed by atoms with Gasteiger partial charge in [-0.15, -0.1) is 0 Å². The molecule has 4 heteroatoms. The highest BCUT2D eigenvalue weighted by atomic mass is 35.5. The van der Waals surface area contributed by atoms with Crippen LogP contribution >= 0.6 is 11.6 Å². The number of benzene rings is 1. The number of phenolic OH excluding ortho intramolecular Hbond substituents is 1. The van der Waals surface area contributed by atoms with Gasteiger partial charge in [-0.1, -0.05) is 11.6 Å². The van der Waals surface area contributed by atoms with E-state index in [1.807, 2.05) is 0 Å². The predicted molar refractivity (Wildman–Crippen MR) is 62.8 cm³/mol. The minimum absolute atomic E-state index is 0.0626. The first kappa shape index (κ1) is 11.3. The summed E-state index contributed by atoms with van der Waals surface area (Å²) in [6, 6.07) is 4.42. The molecule has 3 nitrogen and oxygen atoms in total. The monoisotopic (exact) mass is 239 g/mol. The van der Waals surface area contributed by atoms with Gasteiger partial charge in [0.2, 0.25) is 0 Å². The van der Waals surface area contributed by atoms with Gasteiger partial charge in [-0.05, 0) is 37.0 Å². The van der Waals surface area contributed by atoms with Crippen molar-refractivity contribution in [2.45, 2.75) is 12.8 Å². The van der Waals surface area contributed by atoms with Crippen LogP contribution in [0.25, 0.3) is 0 Å². The Bertz CT molecular complexity index is 415. The largest absolute Gasteiger partial charge is 0.508 e. The van der Waals surface area contributed by atoms with Crippen LogP contribution < -0.4 is 0 Å². The second-order valence-electron chi connectivity index (χ2n) is 4.29. The topological polar surface area (TPSA) is 40.5 Å². The number of halogens is 1. The van der Waals surface area contributed by atoms with Crippen LogP contribution in [0.1, 0.15) is 23.2 Å². The highest BCUT2D eigenvalue weighted by Crippen LogP contribution is 2.30. The van der Waals surface area contributed by atoms with Crippen molar-refractivity contribution >= 4 is 17.5 Å². The number of hydrogen-bond acceptors (Lipinski definition) is 2. The molecule has 2 rings (SSSR count). The van der Waals surface area contributed by atoms with Crippen molar-refractivity contribution in [3.8, 4) is 5.75 Å². The Morgan fingerprint density at radius 3 is 2.88 bits per heavy atom. The summed E-state index contributed by atoms with van der Waals surface area (Å²) in [6.07, 6.45) is 2.40. The van der Waals surface area contributed by atoms with Crippen molar-refractivity contribution < 1.29 is 9.90 Å². The molecule has 0 radical (unpaired) electrons. The molecule has 0 aliphatic heterocycles. The minimum Gasteiger partial charge on any atom is -0.508 e. The van der Waals surface area contributed by atoms with E-state index >= 15 is 0 Å². The Morgan fingerprint density at radius 2 is 2.25 bits per heavy atom. The maximum Gasteiger partial charge on any atom is 0.255 e. The standard InChI is InChI=1S/C12H14ClNO2/c1-14(7-8-2-3-8)12(16)10-6-9(15)4-5-11(10)13/h4-6,8,15H,2-3,7H2,1H3. The second kappa shape index (κ2) is 4.34. The smallest absolute Gasteiger partial charge is 0.255 e. The van der Waals surface area contributed by atoms with E-state index in [1.165, 1.54) is 31.0 Å². The molecule has 1 aliphatic carbocycles. The lowest BCUT2D eigenvalue weighted by Crippen LogP contribution is -2.28. The molecule has 0 spiro atoms. The molecule has 0 unspecified atom stereocenters. The normalized spacial score (nSPS) is 14.9. The van der Waals surface area contributed by atoms with Crippen molar-refractivity contribution in [3.05, 3.63) is 28.8 Å². The minimum atomic E-state index is -0.132. The van der Waals surface area contributed by atoms with Gasteiger partial charge >= 0.3 is 0 Å². The van der Waals surface area contributed by atoms with Crippen LogP contribution in [0, 0.1) is 5.92 Å². The van der Waals surface area contributed by atoms with Gasteiger partial charge in [0.1, 0.15) is 5.75 Å². The highest BCUT2D eigenvalue weighted by Gasteiger charge is 2.26. The number of amides is 1. The number of nitrogens with zero attached hydrogens (tertiary/aromatic N) is 1. The summed E-state index contributed by atoms with van der Waals surface area (Å²) in [5, 5.41) is 9.71. The molecule has 1 aromatic rings. The average Bonchev–Trinajstić information content (AvgIpc) is 3.04. The molecule has 0 heterocycles. The Labute approximate surface area is 99.6 Å². The van der Waals surface area contributed by atoms with Crippen molar-refractivity contribution in [2.75, 3.05) is 13.6 Å². The van der Waals surface area contributed by atoms with Crippen molar-refractivity contribution in [2.24, 2.45) is 5.92 Å². The molecule has 1 aliphatic rings. The molecular weight excluding hydrogens is 226 g/mol. The number of carbonyl (C=O) groups excluding carboxylic acids is 1.